The minimum Gasteiger partial charge on any atom is -0.268 e. The number of nitrogens with zero attached hydrogens (tertiary/aromatic N) is 3. The van der Waals surface area contributed by atoms with E-state index in [1.54, 1.807) is 30.3 Å². The van der Waals surface area contributed by atoms with Gasteiger partial charge in [-0.2, -0.15) is 4.68 Å². The Morgan fingerprint density at radius 2 is 1.72 bits per heavy atom. The Bertz CT molecular complexity index is 1430. The molecule has 9 heteroatoms. The summed E-state index contributed by atoms with van der Waals surface area (Å²) in [7, 11) is 0. The highest BCUT2D eigenvalue weighted by Crippen LogP contribution is 2.21. The molecule has 0 bridgehead atoms. The number of carbonyl (C=O) groups is 1. The minimum absolute atomic E-state index is 0.0509. The molecule has 0 radical (unpaired) electrons. The number of nitro benzene ring substituents is 1. The van der Waals surface area contributed by atoms with Gasteiger partial charge in [0.2, 0.25) is 0 Å². The van der Waals surface area contributed by atoms with Crippen LogP contribution in [0.15, 0.2) is 83.7 Å². The van der Waals surface area contributed by atoms with Crippen LogP contribution in [0.5, 0.6) is 0 Å². The van der Waals surface area contributed by atoms with Crippen LogP contribution in [0.1, 0.15) is 5.56 Å². The van der Waals surface area contributed by atoms with E-state index in [2.05, 4.69) is 10.4 Å². The first-order valence-corrected chi connectivity index (χ1v) is 9.44. The number of aromatic nitrogens is 2. The molecule has 8 nitrogen and oxygen atoms in total. The molecule has 0 fully saturated rings. The van der Waals surface area contributed by atoms with E-state index in [1.165, 1.54) is 48.5 Å². The molecule has 158 valence electrons. The fourth-order valence-electron chi connectivity index (χ4n) is 3.09. The molecule has 1 amide bonds. The summed E-state index contributed by atoms with van der Waals surface area (Å²) in [6.07, 6.45) is 2.59. The third kappa shape index (κ3) is 4.12. The average molecular weight is 430 g/mol. The minimum atomic E-state index is -0.667. The van der Waals surface area contributed by atoms with Crippen molar-refractivity contribution in [1.82, 2.24) is 9.66 Å². The standard InChI is InChI=1S/C23H15FN4O4/c24-19-7-3-1-5-17(19)22-25-20-8-4-2-6-18(20)23(30)27(22)26-21(29)14-11-15-9-12-16(13-10-15)28(31)32/h1-14H,(H,26,29)/b14-11+. The second-order valence-electron chi connectivity index (χ2n) is 6.73. The van der Waals surface area contributed by atoms with Crippen molar-refractivity contribution in [3.63, 3.8) is 0 Å². The maximum atomic E-state index is 14.5. The highest BCUT2D eigenvalue weighted by molar-refractivity contribution is 5.98. The van der Waals surface area contributed by atoms with Crippen LogP contribution in [0, 0.1) is 15.9 Å². The fraction of sp³-hybridized carbons (Fsp3) is 0. The summed E-state index contributed by atoms with van der Waals surface area (Å²) in [6.45, 7) is 0. The van der Waals surface area contributed by atoms with Gasteiger partial charge in [-0.15, -0.1) is 0 Å². The maximum absolute atomic E-state index is 14.5. The third-order valence-corrected chi connectivity index (χ3v) is 4.64. The number of halogens is 1. The first kappa shape index (κ1) is 20.6. The van der Waals surface area contributed by atoms with Gasteiger partial charge in [-0.1, -0.05) is 24.3 Å². The number of hydrogen-bond acceptors (Lipinski definition) is 5. The Kier molecular flexibility index (Phi) is 5.54. The van der Waals surface area contributed by atoms with Crippen molar-refractivity contribution in [1.29, 1.82) is 0 Å². The number of nitro groups is 1. The molecule has 0 spiro atoms. The molecule has 0 aliphatic heterocycles. The Balaban J connectivity index is 1.71. The molecular formula is C23H15FN4O4. The number of hydrogen-bond donors (Lipinski definition) is 1. The molecule has 32 heavy (non-hydrogen) atoms. The molecule has 3 aromatic carbocycles. The molecule has 1 aromatic heterocycles. The lowest BCUT2D eigenvalue weighted by Crippen LogP contribution is -2.34. The molecule has 4 aromatic rings. The van der Waals surface area contributed by atoms with E-state index in [1.807, 2.05) is 0 Å². The summed E-state index contributed by atoms with van der Waals surface area (Å²) < 4.78 is 15.4. The van der Waals surface area contributed by atoms with Crippen LogP contribution in [-0.4, -0.2) is 20.5 Å². The van der Waals surface area contributed by atoms with Crippen molar-refractivity contribution in [2.24, 2.45) is 0 Å². The second kappa shape index (κ2) is 8.60. The lowest BCUT2D eigenvalue weighted by molar-refractivity contribution is -0.384. The number of nitrogens with one attached hydrogen (secondary N) is 1. The molecule has 4 rings (SSSR count). The van der Waals surface area contributed by atoms with Crippen LogP contribution in [-0.2, 0) is 4.79 Å². The highest BCUT2D eigenvalue weighted by atomic mass is 19.1. The van der Waals surface area contributed by atoms with E-state index in [4.69, 9.17) is 0 Å². The van der Waals surface area contributed by atoms with Gasteiger partial charge in [0.15, 0.2) is 5.82 Å². The van der Waals surface area contributed by atoms with Gasteiger partial charge < -0.3 is 0 Å². The average Bonchev–Trinajstić information content (AvgIpc) is 2.80. The molecule has 0 saturated heterocycles. The predicted octanol–water partition coefficient (Wildman–Crippen LogP) is 3.89. The van der Waals surface area contributed by atoms with Crippen LogP contribution in [0.3, 0.4) is 0 Å². The summed E-state index contributed by atoms with van der Waals surface area (Å²) in [5.41, 5.74) is 2.76. The number of amides is 1. The number of carbonyl (C=O) groups excluding carboxylic acids is 1. The van der Waals surface area contributed by atoms with Crippen molar-refractivity contribution >= 4 is 28.6 Å². The highest BCUT2D eigenvalue weighted by Gasteiger charge is 2.16. The molecule has 0 saturated carbocycles. The third-order valence-electron chi connectivity index (χ3n) is 4.64. The quantitative estimate of drug-likeness (QED) is 0.294. The van der Waals surface area contributed by atoms with Gasteiger partial charge >= 0.3 is 0 Å². The molecule has 0 unspecified atom stereocenters. The van der Waals surface area contributed by atoms with Gasteiger partial charge in [0.05, 0.1) is 21.4 Å². The van der Waals surface area contributed by atoms with Crippen LogP contribution in [0.2, 0.25) is 0 Å². The zero-order chi connectivity index (χ0) is 22.7. The van der Waals surface area contributed by atoms with E-state index in [0.29, 0.717) is 11.1 Å². The number of fused-ring (bicyclic) bond motifs is 1. The summed E-state index contributed by atoms with van der Waals surface area (Å²) in [4.78, 5) is 40.2. The molecule has 1 heterocycles. The van der Waals surface area contributed by atoms with Crippen LogP contribution in [0.4, 0.5) is 10.1 Å². The first-order chi connectivity index (χ1) is 15.4. The van der Waals surface area contributed by atoms with Crippen LogP contribution < -0.4 is 11.0 Å². The molecule has 0 aliphatic carbocycles. The Hall–Kier alpha value is -4.66. The van der Waals surface area contributed by atoms with Gasteiger partial charge in [0, 0.05) is 18.2 Å². The maximum Gasteiger partial charge on any atom is 0.280 e. The number of para-hydroxylation sites is 1. The van der Waals surface area contributed by atoms with E-state index < -0.39 is 22.2 Å². The molecule has 0 aliphatic rings. The van der Waals surface area contributed by atoms with E-state index in [-0.39, 0.29) is 22.5 Å². The monoisotopic (exact) mass is 430 g/mol. The summed E-state index contributed by atoms with van der Waals surface area (Å²) in [5.74, 6) is -1.32. The Morgan fingerprint density at radius 1 is 1.03 bits per heavy atom. The number of benzene rings is 3. The summed E-state index contributed by atoms with van der Waals surface area (Å²) in [5, 5.41) is 11.0. The van der Waals surface area contributed by atoms with Crippen molar-refractivity contribution < 1.29 is 14.1 Å². The van der Waals surface area contributed by atoms with E-state index in [9.17, 15) is 24.1 Å². The van der Waals surface area contributed by atoms with Gasteiger partial charge in [-0.05, 0) is 48.0 Å². The van der Waals surface area contributed by atoms with Crippen molar-refractivity contribution in [3.05, 3.63) is 111 Å². The van der Waals surface area contributed by atoms with Gasteiger partial charge in [0.1, 0.15) is 5.82 Å². The van der Waals surface area contributed by atoms with E-state index >= 15 is 0 Å². The predicted molar refractivity (Wildman–Crippen MR) is 118 cm³/mol. The van der Waals surface area contributed by atoms with Crippen LogP contribution in [0.25, 0.3) is 28.4 Å². The first-order valence-electron chi connectivity index (χ1n) is 9.44. The van der Waals surface area contributed by atoms with Crippen molar-refractivity contribution in [2.75, 3.05) is 5.43 Å². The Morgan fingerprint density at radius 3 is 2.44 bits per heavy atom. The van der Waals surface area contributed by atoms with Gasteiger partial charge in [0.25, 0.3) is 17.2 Å². The zero-order valence-corrected chi connectivity index (χ0v) is 16.4. The number of non-ortho nitro benzene ring substituents is 1. The lowest BCUT2D eigenvalue weighted by atomic mass is 10.1. The molecule has 0 atom stereocenters. The fourth-order valence-corrected chi connectivity index (χ4v) is 3.09. The molecule has 1 N–H and O–H groups in total. The SMILES string of the molecule is O=C(/C=C/c1ccc([N+](=O)[O-])cc1)Nn1c(-c2ccccc2F)nc2ccccc2c1=O. The lowest BCUT2D eigenvalue weighted by Gasteiger charge is -2.14. The topological polar surface area (TPSA) is 107 Å². The van der Waals surface area contributed by atoms with Crippen LogP contribution >= 0.6 is 0 Å². The van der Waals surface area contributed by atoms with Gasteiger partial charge in [-0.25, -0.2) is 9.37 Å². The van der Waals surface area contributed by atoms with Crippen molar-refractivity contribution in [2.45, 2.75) is 0 Å². The number of rotatable bonds is 5. The van der Waals surface area contributed by atoms with Crippen molar-refractivity contribution in [3.8, 4) is 11.4 Å². The summed E-state index contributed by atoms with van der Waals surface area (Å²) in [6, 6.07) is 17.9. The molecular weight excluding hydrogens is 415 g/mol. The largest absolute Gasteiger partial charge is 0.280 e. The second-order valence-corrected chi connectivity index (χ2v) is 6.73. The smallest absolute Gasteiger partial charge is 0.268 e. The van der Waals surface area contributed by atoms with E-state index in [0.717, 1.165) is 10.8 Å². The summed E-state index contributed by atoms with van der Waals surface area (Å²) >= 11 is 0. The zero-order valence-electron chi connectivity index (χ0n) is 16.4. The normalized spacial score (nSPS) is 11.0. The van der Waals surface area contributed by atoms with Gasteiger partial charge in [-0.3, -0.25) is 25.1 Å². The Labute approximate surface area is 180 Å².